The zero-order chi connectivity index (χ0) is 16.4. The van der Waals surface area contributed by atoms with Crippen LogP contribution < -0.4 is 5.32 Å². The summed E-state index contributed by atoms with van der Waals surface area (Å²) < 4.78 is 41.1. The molecule has 0 spiro atoms. The molecule has 1 N–H and O–H groups in total. The summed E-state index contributed by atoms with van der Waals surface area (Å²) in [5.74, 6) is 0. The molecule has 7 heteroatoms. The molecule has 132 valence electrons. The summed E-state index contributed by atoms with van der Waals surface area (Å²) >= 11 is 1.49. The summed E-state index contributed by atoms with van der Waals surface area (Å²) in [4.78, 5) is 2.26. The van der Waals surface area contributed by atoms with Crippen LogP contribution in [0.1, 0.15) is 32.4 Å². The third-order valence-electron chi connectivity index (χ3n) is 3.46. The highest BCUT2D eigenvalue weighted by Crippen LogP contribution is 2.44. The number of hydrogen-bond acceptors (Lipinski definition) is 3. The second-order valence-electron chi connectivity index (χ2n) is 6.48. The second-order valence-corrected chi connectivity index (χ2v) is 8.35. The van der Waals surface area contributed by atoms with Gasteiger partial charge in [0.1, 0.15) is 6.04 Å². The number of thioether (sulfide) groups is 1. The van der Waals surface area contributed by atoms with Gasteiger partial charge in [-0.25, -0.2) is 0 Å². The van der Waals surface area contributed by atoms with Crippen molar-refractivity contribution >= 4 is 24.2 Å². The number of nitrogens with zero attached hydrogens (tertiary/aromatic N) is 1. The second kappa shape index (κ2) is 8.10. The molecular weight excluding hydrogens is 345 g/mol. The molecule has 0 unspecified atom stereocenters. The molecule has 1 aromatic carbocycles. The van der Waals surface area contributed by atoms with Crippen LogP contribution in [0.2, 0.25) is 0 Å². The Kier molecular flexibility index (Phi) is 7.26. The topological polar surface area (TPSA) is 15.3 Å². The van der Waals surface area contributed by atoms with Crippen molar-refractivity contribution in [2.45, 2.75) is 42.6 Å². The van der Waals surface area contributed by atoms with E-state index in [1.54, 1.807) is 23.1 Å². The highest BCUT2D eigenvalue weighted by molar-refractivity contribution is 8.00. The summed E-state index contributed by atoms with van der Waals surface area (Å²) in [6.07, 6.45) is -4.27. The van der Waals surface area contributed by atoms with Gasteiger partial charge in [-0.1, -0.05) is 39.0 Å². The van der Waals surface area contributed by atoms with E-state index in [1.807, 2.05) is 26.8 Å². The molecule has 2 rings (SSSR count). The van der Waals surface area contributed by atoms with Gasteiger partial charge in [0.25, 0.3) is 0 Å². The van der Waals surface area contributed by atoms with Gasteiger partial charge in [-0.05, 0) is 11.6 Å². The van der Waals surface area contributed by atoms with E-state index in [4.69, 9.17) is 0 Å². The van der Waals surface area contributed by atoms with Gasteiger partial charge in [-0.3, -0.25) is 4.90 Å². The first-order valence-electron chi connectivity index (χ1n) is 7.48. The van der Waals surface area contributed by atoms with Crippen LogP contribution in [0.3, 0.4) is 0 Å². The largest absolute Gasteiger partial charge is 0.408 e. The number of hydrogen-bond donors (Lipinski definition) is 1. The Balaban J connectivity index is 0.00000264. The monoisotopic (exact) mass is 368 g/mol. The lowest BCUT2D eigenvalue weighted by Gasteiger charge is -2.37. The Bertz CT molecular complexity index is 497. The molecule has 1 saturated heterocycles. The van der Waals surface area contributed by atoms with Crippen LogP contribution in [0.5, 0.6) is 0 Å². The number of alkyl halides is 3. The van der Waals surface area contributed by atoms with E-state index < -0.39 is 12.2 Å². The molecule has 1 aliphatic heterocycles. The van der Waals surface area contributed by atoms with E-state index in [2.05, 4.69) is 5.32 Å². The summed E-state index contributed by atoms with van der Waals surface area (Å²) in [5, 5.41) is 3.11. The number of benzene rings is 1. The maximum Gasteiger partial charge on any atom is 0.408 e. The predicted octanol–water partition coefficient (Wildman–Crippen LogP) is 4.51. The van der Waals surface area contributed by atoms with Crippen LogP contribution in [-0.2, 0) is 0 Å². The van der Waals surface area contributed by atoms with Gasteiger partial charge >= 0.3 is 6.18 Å². The van der Waals surface area contributed by atoms with E-state index >= 15 is 0 Å². The van der Waals surface area contributed by atoms with Crippen molar-refractivity contribution in [3.8, 4) is 0 Å². The minimum Gasteiger partial charge on any atom is -0.314 e. The van der Waals surface area contributed by atoms with Gasteiger partial charge in [0.15, 0.2) is 0 Å². The molecule has 1 aromatic rings. The Morgan fingerprint density at radius 2 is 1.65 bits per heavy atom. The molecule has 0 saturated carbocycles. The summed E-state index contributed by atoms with van der Waals surface area (Å²) in [6.45, 7) is 8.07. The molecule has 0 aromatic heterocycles. The first-order chi connectivity index (χ1) is 10.2. The van der Waals surface area contributed by atoms with Gasteiger partial charge in [0.2, 0.25) is 0 Å². The Morgan fingerprint density at radius 1 is 1.09 bits per heavy atom. The van der Waals surface area contributed by atoms with Crippen LogP contribution in [-0.4, -0.2) is 42.0 Å². The van der Waals surface area contributed by atoms with Crippen molar-refractivity contribution in [3.05, 3.63) is 29.8 Å². The van der Waals surface area contributed by atoms with Crippen molar-refractivity contribution in [2.75, 3.05) is 26.2 Å². The molecule has 2 nitrogen and oxygen atoms in total. The molecule has 23 heavy (non-hydrogen) atoms. The number of halogens is 4. The molecule has 1 heterocycles. The first kappa shape index (κ1) is 20.6. The number of nitrogens with one attached hydrogen (secondary N) is 1. The minimum atomic E-state index is -4.27. The molecule has 0 bridgehead atoms. The molecule has 1 fully saturated rings. The lowest BCUT2D eigenvalue weighted by molar-refractivity contribution is -0.188. The van der Waals surface area contributed by atoms with Crippen molar-refractivity contribution in [1.82, 2.24) is 10.2 Å². The molecule has 0 aliphatic carbocycles. The van der Waals surface area contributed by atoms with Crippen LogP contribution in [0.15, 0.2) is 29.2 Å². The normalized spacial score (nSPS) is 18.3. The smallest absolute Gasteiger partial charge is 0.314 e. The van der Waals surface area contributed by atoms with E-state index in [1.165, 1.54) is 11.8 Å². The van der Waals surface area contributed by atoms with Crippen LogP contribution in [0.4, 0.5) is 13.2 Å². The predicted molar refractivity (Wildman–Crippen MR) is 92.5 cm³/mol. The molecule has 1 aliphatic rings. The number of piperazine rings is 1. The van der Waals surface area contributed by atoms with Gasteiger partial charge in [-0.15, -0.1) is 24.2 Å². The average Bonchev–Trinajstić information content (AvgIpc) is 2.39. The fourth-order valence-corrected chi connectivity index (χ4v) is 3.75. The van der Waals surface area contributed by atoms with Crippen molar-refractivity contribution in [2.24, 2.45) is 0 Å². The highest BCUT2D eigenvalue weighted by Gasteiger charge is 2.46. The van der Waals surface area contributed by atoms with Gasteiger partial charge in [0.05, 0.1) is 0 Å². The molecular formula is C16H24ClF3N2S. The Labute approximate surface area is 146 Å². The van der Waals surface area contributed by atoms with Crippen molar-refractivity contribution in [1.29, 1.82) is 0 Å². The summed E-state index contributed by atoms with van der Waals surface area (Å²) in [6, 6.07) is 5.40. The Morgan fingerprint density at radius 3 is 2.17 bits per heavy atom. The zero-order valence-corrected chi connectivity index (χ0v) is 15.2. The molecule has 0 radical (unpaired) electrons. The van der Waals surface area contributed by atoms with Gasteiger partial charge in [-0.2, -0.15) is 13.2 Å². The lowest BCUT2D eigenvalue weighted by atomic mass is 10.0. The third kappa shape index (κ3) is 5.85. The first-order valence-corrected chi connectivity index (χ1v) is 8.29. The van der Waals surface area contributed by atoms with E-state index in [9.17, 15) is 13.2 Å². The quantitative estimate of drug-likeness (QED) is 0.790. The SMILES string of the molecule is CC(C)(C)Sc1ccccc1[C@H](N1CCNCC1)C(F)(F)F.Cl. The third-order valence-corrected chi connectivity index (χ3v) is 4.66. The maximum atomic E-state index is 13.7. The van der Waals surface area contributed by atoms with Crippen LogP contribution >= 0.6 is 24.2 Å². The van der Waals surface area contributed by atoms with E-state index in [0.29, 0.717) is 31.7 Å². The Hall–Kier alpha value is -0.430. The maximum absolute atomic E-state index is 13.7. The van der Waals surface area contributed by atoms with Crippen LogP contribution in [0, 0.1) is 0 Å². The van der Waals surface area contributed by atoms with Crippen molar-refractivity contribution in [3.63, 3.8) is 0 Å². The average molecular weight is 369 g/mol. The molecule has 1 atom stereocenters. The highest BCUT2D eigenvalue weighted by atomic mass is 35.5. The fraction of sp³-hybridized carbons (Fsp3) is 0.625. The molecule has 0 amide bonds. The van der Waals surface area contributed by atoms with Crippen LogP contribution in [0.25, 0.3) is 0 Å². The summed E-state index contributed by atoms with van der Waals surface area (Å²) in [5.41, 5.74) is 0.372. The van der Waals surface area contributed by atoms with Gasteiger partial charge < -0.3 is 5.32 Å². The van der Waals surface area contributed by atoms with E-state index in [-0.39, 0.29) is 17.2 Å². The lowest BCUT2D eigenvalue weighted by Crippen LogP contribution is -2.49. The number of rotatable bonds is 3. The van der Waals surface area contributed by atoms with E-state index in [0.717, 1.165) is 4.90 Å². The fourth-order valence-electron chi connectivity index (χ4n) is 2.65. The zero-order valence-electron chi connectivity index (χ0n) is 13.6. The standard InChI is InChI=1S/C16H23F3N2S.ClH/c1-15(2,3)22-13-7-5-4-6-12(13)14(16(17,18)19)21-10-8-20-9-11-21;/h4-7,14,20H,8-11H2,1-3H3;1H/t14-;/m0./s1. The minimum absolute atomic E-state index is 0. The van der Waals surface area contributed by atoms with Crippen molar-refractivity contribution < 1.29 is 13.2 Å². The van der Waals surface area contributed by atoms with Gasteiger partial charge in [0, 0.05) is 35.8 Å². The summed E-state index contributed by atoms with van der Waals surface area (Å²) in [7, 11) is 0.